The van der Waals surface area contributed by atoms with Crippen LogP contribution < -0.4 is 10.0 Å². The lowest BCUT2D eigenvalue weighted by atomic mass is 9.85. The molecule has 0 aliphatic heterocycles. The average Bonchev–Trinajstić information content (AvgIpc) is 2.64. The van der Waals surface area contributed by atoms with E-state index in [-0.39, 0.29) is 22.6 Å². The number of benzene rings is 2. The van der Waals surface area contributed by atoms with E-state index in [0.717, 1.165) is 12.0 Å². The van der Waals surface area contributed by atoms with Crippen LogP contribution in [-0.4, -0.2) is 21.4 Å². The summed E-state index contributed by atoms with van der Waals surface area (Å²) in [6.07, 6.45) is 0.861. The molecule has 26 heavy (non-hydrogen) atoms. The van der Waals surface area contributed by atoms with E-state index >= 15 is 0 Å². The van der Waals surface area contributed by atoms with Crippen LogP contribution in [0.3, 0.4) is 0 Å². The van der Waals surface area contributed by atoms with Gasteiger partial charge in [-0.3, -0.25) is 4.79 Å². The highest BCUT2D eigenvalue weighted by Gasteiger charge is 2.26. The third-order valence-corrected chi connectivity index (χ3v) is 6.22. The Kier molecular flexibility index (Phi) is 6.56. The van der Waals surface area contributed by atoms with Gasteiger partial charge in [0.25, 0.3) is 0 Å². The smallest absolute Gasteiger partial charge is 0.240 e. The molecule has 0 saturated heterocycles. The largest absolute Gasteiger partial charge is 0.326 e. The molecule has 0 saturated carbocycles. The van der Waals surface area contributed by atoms with Gasteiger partial charge in [0.1, 0.15) is 0 Å². The van der Waals surface area contributed by atoms with Crippen LogP contribution in [-0.2, 0) is 14.8 Å². The van der Waals surface area contributed by atoms with Crippen LogP contribution in [0.15, 0.2) is 53.4 Å². The molecule has 2 unspecified atom stereocenters. The molecule has 2 aromatic carbocycles. The van der Waals surface area contributed by atoms with Crippen molar-refractivity contribution < 1.29 is 13.2 Å². The number of carbonyl (C=O) groups is 1. The first-order valence-corrected chi connectivity index (χ1v) is 10.2. The minimum absolute atomic E-state index is 0.137. The minimum atomic E-state index is -3.58. The van der Waals surface area contributed by atoms with Crippen LogP contribution in [0.1, 0.15) is 37.3 Å². The number of aryl methyl sites for hydroxylation is 1. The second-order valence-electron chi connectivity index (χ2n) is 6.45. The molecule has 140 valence electrons. The van der Waals surface area contributed by atoms with Gasteiger partial charge in [-0.25, -0.2) is 13.1 Å². The van der Waals surface area contributed by atoms with Gasteiger partial charge < -0.3 is 5.32 Å². The van der Waals surface area contributed by atoms with Gasteiger partial charge in [-0.2, -0.15) is 0 Å². The molecule has 0 spiro atoms. The zero-order chi connectivity index (χ0) is 19.3. The minimum Gasteiger partial charge on any atom is -0.326 e. The highest BCUT2D eigenvalue weighted by Crippen LogP contribution is 2.29. The van der Waals surface area contributed by atoms with Crippen molar-refractivity contribution >= 4 is 21.6 Å². The number of hydrogen-bond acceptors (Lipinski definition) is 3. The van der Waals surface area contributed by atoms with Crippen LogP contribution in [0.25, 0.3) is 0 Å². The molecule has 0 radical (unpaired) electrons. The van der Waals surface area contributed by atoms with Crippen LogP contribution in [0, 0.1) is 12.8 Å². The van der Waals surface area contributed by atoms with Crippen molar-refractivity contribution in [1.29, 1.82) is 0 Å². The fourth-order valence-corrected chi connectivity index (χ4v) is 3.93. The Labute approximate surface area is 155 Å². The lowest BCUT2D eigenvalue weighted by Crippen LogP contribution is -2.26. The SMILES string of the molecule is CCC(C)C(C(=O)Nc1ccc(C)c(S(=O)(=O)NC)c1)c1ccccc1. The molecule has 2 aromatic rings. The number of sulfonamides is 1. The molecule has 2 atom stereocenters. The number of carbonyl (C=O) groups excluding carboxylic acids is 1. The number of rotatable bonds is 7. The predicted octanol–water partition coefficient (Wildman–Crippen LogP) is 3.67. The lowest BCUT2D eigenvalue weighted by molar-refractivity contribution is -0.118. The quantitative estimate of drug-likeness (QED) is 0.776. The molecule has 0 fully saturated rings. The molecule has 6 heteroatoms. The zero-order valence-corrected chi connectivity index (χ0v) is 16.4. The van der Waals surface area contributed by atoms with Crippen molar-refractivity contribution in [2.45, 2.75) is 38.0 Å². The van der Waals surface area contributed by atoms with Crippen LogP contribution in [0.2, 0.25) is 0 Å². The first-order valence-electron chi connectivity index (χ1n) is 8.70. The molecule has 5 nitrogen and oxygen atoms in total. The molecule has 0 bridgehead atoms. The van der Waals surface area contributed by atoms with Gasteiger partial charge in [0.15, 0.2) is 0 Å². The summed E-state index contributed by atoms with van der Waals surface area (Å²) in [7, 11) is -2.21. The Morgan fingerprint density at radius 1 is 1.12 bits per heavy atom. The summed E-state index contributed by atoms with van der Waals surface area (Å²) in [5, 5.41) is 2.89. The Morgan fingerprint density at radius 2 is 1.77 bits per heavy atom. The molecule has 2 N–H and O–H groups in total. The average molecular weight is 375 g/mol. The van der Waals surface area contributed by atoms with Gasteiger partial charge in [0.2, 0.25) is 15.9 Å². The molecule has 2 rings (SSSR count). The van der Waals surface area contributed by atoms with E-state index in [1.165, 1.54) is 13.1 Å². The van der Waals surface area contributed by atoms with E-state index in [1.807, 2.05) is 37.3 Å². The van der Waals surface area contributed by atoms with Gasteiger partial charge in [0.05, 0.1) is 10.8 Å². The second-order valence-corrected chi connectivity index (χ2v) is 8.31. The van der Waals surface area contributed by atoms with E-state index in [1.54, 1.807) is 19.1 Å². The Morgan fingerprint density at radius 3 is 2.35 bits per heavy atom. The molecule has 0 aliphatic carbocycles. The number of nitrogens with one attached hydrogen (secondary N) is 2. The maximum atomic E-state index is 13.0. The van der Waals surface area contributed by atoms with Crippen LogP contribution in [0.5, 0.6) is 0 Å². The van der Waals surface area contributed by atoms with Gasteiger partial charge in [-0.05, 0) is 43.1 Å². The summed E-state index contributed by atoms with van der Waals surface area (Å²) in [6, 6.07) is 14.6. The first-order chi connectivity index (χ1) is 12.3. The molecule has 1 amide bonds. The van der Waals surface area contributed by atoms with Crippen LogP contribution >= 0.6 is 0 Å². The van der Waals surface area contributed by atoms with Crippen molar-refractivity contribution in [2.75, 3.05) is 12.4 Å². The number of hydrogen-bond donors (Lipinski definition) is 2. The maximum Gasteiger partial charge on any atom is 0.240 e. The van der Waals surface area contributed by atoms with Gasteiger partial charge >= 0.3 is 0 Å². The summed E-state index contributed by atoms with van der Waals surface area (Å²) >= 11 is 0. The topological polar surface area (TPSA) is 75.3 Å². The summed E-state index contributed by atoms with van der Waals surface area (Å²) in [6.45, 7) is 5.82. The Balaban J connectivity index is 2.34. The molecular weight excluding hydrogens is 348 g/mol. The fraction of sp³-hybridized carbons (Fsp3) is 0.350. The van der Waals surface area contributed by atoms with Crippen molar-refractivity contribution in [1.82, 2.24) is 4.72 Å². The van der Waals surface area contributed by atoms with E-state index in [2.05, 4.69) is 17.0 Å². The third-order valence-electron chi connectivity index (χ3n) is 4.67. The van der Waals surface area contributed by atoms with E-state index < -0.39 is 10.0 Å². The Bertz CT molecular complexity index is 864. The lowest BCUT2D eigenvalue weighted by Gasteiger charge is -2.23. The standard InChI is InChI=1S/C20H26N2O3S/c1-5-14(2)19(16-9-7-6-8-10-16)20(23)22-17-12-11-15(3)18(13-17)26(24,25)21-4/h6-14,19,21H,5H2,1-4H3,(H,22,23). The van der Waals surface area contributed by atoms with Crippen LogP contribution in [0.4, 0.5) is 5.69 Å². The van der Waals surface area contributed by atoms with Crippen molar-refractivity contribution in [3.63, 3.8) is 0 Å². The van der Waals surface area contributed by atoms with Gasteiger partial charge in [-0.1, -0.05) is 56.7 Å². The maximum absolute atomic E-state index is 13.0. The Hall–Kier alpha value is -2.18. The van der Waals surface area contributed by atoms with E-state index in [4.69, 9.17) is 0 Å². The summed E-state index contributed by atoms with van der Waals surface area (Å²) in [5.74, 6) is -0.280. The van der Waals surface area contributed by atoms with Crippen molar-refractivity contribution in [2.24, 2.45) is 5.92 Å². The highest BCUT2D eigenvalue weighted by molar-refractivity contribution is 7.89. The number of anilines is 1. The normalized spacial score (nSPS) is 13.8. The predicted molar refractivity (Wildman–Crippen MR) is 105 cm³/mol. The van der Waals surface area contributed by atoms with Crippen molar-refractivity contribution in [3.05, 3.63) is 59.7 Å². The summed E-state index contributed by atoms with van der Waals surface area (Å²) in [4.78, 5) is 13.1. The zero-order valence-electron chi connectivity index (χ0n) is 15.6. The molecule has 0 aromatic heterocycles. The highest BCUT2D eigenvalue weighted by atomic mass is 32.2. The molecule has 0 heterocycles. The van der Waals surface area contributed by atoms with E-state index in [9.17, 15) is 13.2 Å². The van der Waals surface area contributed by atoms with E-state index in [0.29, 0.717) is 11.3 Å². The summed E-state index contributed by atoms with van der Waals surface area (Å²) in [5.41, 5.74) is 2.05. The summed E-state index contributed by atoms with van der Waals surface area (Å²) < 4.78 is 26.6. The van der Waals surface area contributed by atoms with Gasteiger partial charge in [0, 0.05) is 5.69 Å². The third kappa shape index (κ3) is 4.51. The van der Waals surface area contributed by atoms with Crippen molar-refractivity contribution in [3.8, 4) is 0 Å². The number of amides is 1. The molecule has 0 aliphatic rings. The fourth-order valence-electron chi connectivity index (χ4n) is 2.93. The first kappa shape index (κ1) is 20.1. The second kappa shape index (κ2) is 8.47. The van der Waals surface area contributed by atoms with Gasteiger partial charge in [-0.15, -0.1) is 0 Å². The molecular formula is C20H26N2O3S. The monoisotopic (exact) mass is 374 g/mol.